The first-order valence-electron chi connectivity index (χ1n) is 6.77. The molecule has 4 N–H and O–H groups in total. The Morgan fingerprint density at radius 2 is 1.83 bits per heavy atom. The molecule has 8 heteroatoms. The van der Waals surface area contributed by atoms with Crippen molar-refractivity contribution >= 4 is 33.8 Å². The first kappa shape index (κ1) is 16.8. The Morgan fingerprint density at radius 1 is 1.26 bits per heavy atom. The van der Waals surface area contributed by atoms with E-state index in [0.717, 1.165) is 11.1 Å². The summed E-state index contributed by atoms with van der Waals surface area (Å²) in [6.07, 6.45) is 0. The number of methoxy groups -OCH3 is 2. The molecule has 1 aromatic heterocycles. The number of nitrogens with zero attached hydrogens (tertiary/aromatic N) is 1. The van der Waals surface area contributed by atoms with E-state index in [1.54, 1.807) is 27.2 Å². The maximum atomic E-state index is 12.4. The molecule has 0 fully saturated rings. The van der Waals surface area contributed by atoms with Crippen LogP contribution in [0, 0.1) is 6.92 Å². The topological polar surface area (TPSA) is 102 Å². The summed E-state index contributed by atoms with van der Waals surface area (Å²) in [5.74, 6) is 1.11. The highest BCUT2D eigenvalue weighted by Crippen LogP contribution is 2.33. The second kappa shape index (κ2) is 6.66. The monoisotopic (exact) mass is 334 g/mol. The van der Waals surface area contributed by atoms with Crippen LogP contribution in [-0.2, 0) is 0 Å². The third-order valence-electron chi connectivity index (χ3n) is 3.42. The van der Waals surface area contributed by atoms with Gasteiger partial charge in [-0.15, -0.1) is 0 Å². The molecule has 0 bridgehead atoms. The van der Waals surface area contributed by atoms with Crippen molar-refractivity contribution in [3.8, 4) is 11.5 Å². The zero-order valence-electron chi connectivity index (χ0n) is 13.3. The molecule has 1 aromatic carbocycles. The average molecular weight is 334 g/mol. The molecule has 0 radical (unpaired) electrons. The fourth-order valence-corrected chi connectivity index (χ4v) is 2.42. The molecule has 2 aromatic rings. The number of aryl methyl sites for hydroxylation is 1. The Balaban J connectivity index is 2.81. The Labute approximate surface area is 138 Å². The SMILES string of the molecule is COc1cc2c(C)[nH]c(=O)c(/C(C)=N\NC(N)=S)c2cc1OC. The van der Waals surface area contributed by atoms with E-state index in [4.69, 9.17) is 27.4 Å². The highest BCUT2D eigenvalue weighted by Gasteiger charge is 2.16. The summed E-state index contributed by atoms with van der Waals surface area (Å²) >= 11 is 4.72. The number of nitrogens with two attached hydrogens (primary N) is 1. The molecule has 0 unspecified atom stereocenters. The normalized spacial score (nSPS) is 11.4. The Bertz CT molecular complexity index is 858. The average Bonchev–Trinajstić information content (AvgIpc) is 2.51. The van der Waals surface area contributed by atoms with E-state index in [0.29, 0.717) is 28.2 Å². The second-order valence-corrected chi connectivity index (χ2v) is 5.32. The first-order valence-corrected chi connectivity index (χ1v) is 7.18. The lowest BCUT2D eigenvalue weighted by Gasteiger charge is -2.13. The fourth-order valence-electron chi connectivity index (χ4n) is 2.37. The number of nitrogens with one attached hydrogen (secondary N) is 2. The molecule has 0 saturated heterocycles. The minimum Gasteiger partial charge on any atom is -0.493 e. The number of hydrazone groups is 1. The van der Waals surface area contributed by atoms with Gasteiger partial charge in [-0.3, -0.25) is 10.2 Å². The summed E-state index contributed by atoms with van der Waals surface area (Å²) in [6, 6.07) is 3.57. The van der Waals surface area contributed by atoms with E-state index in [1.807, 2.05) is 13.0 Å². The molecule has 0 saturated carbocycles. The third kappa shape index (κ3) is 3.26. The number of H-pyrrole nitrogens is 1. The molecule has 0 aliphatic carbocycles. The largest absolute Gasteiger partial charge is 0.493 e. The Hall–Kier alpha value is -2.61. The lowest BCUT2D eigenvalue weighted by atomic mass is 10.0. The van der Waals surface area contributed by atoms with Crippen molar-refractivity contribution in [3.63, 3.8) is 0 Å². The van der Waals surface area contributed by atoms with Gasteiger partial charge >= 0.3 is 0 Å². The number of thiocarbonyl (C=S) groups is 1. The zero-order valence-corrected chi connectivity index (χ0v) is 14.1. The minimum absolute atomic E-state index is 0.0245. The summed E-state index contributed by atoms with van der Waals surface area (Å²) in [5.41, 5.74) is 9.20. The van der Waals surface area contributed by atoms with Gasteiger partial charge in [0.2, 0.25) is 0 Å². The van der Waals surface area contributed by atoms with Gasteiger partial charge in [-0.1, -0.05) is 0 Å². The second-order valence-electron chi connectivity index (χ2n) is 4.88. The number of ether oxygens (including phenoxy) is 2. The van der Waals surface area contributed by atoms with Crippen molar-refractivity contribution < 1.29 is 9.47 Å². The predicted molar refractivity (Wildman–Crippen MR) is 94.5 cm³/mol. The number of aromatic amines is 1. The van der Waals surface area contributed by atoms with Crippen LogP contribution in [0.3, 0.4) is 0 Å². The van der Waals surface area contributed by atoms with Gasteiger partial charge in [0.25, 0.3) is 5.56 Å². The molecule has 0 amide bonds. The fraction of sp³-hybridized carbons (Fsp3) is 0.267. The number of aromatic nitrogens is 1. The molecule has 7 nitrogen and oxygen atoms in total. The van der Waals surface area contributed by atoms with E-state index in [2.05, 4.69) is 15.5 Å². The molecule has 2 rings (SSSR count). The molecule has 23 heavy (non-hydrogen) atoms. The van der Waals surface area contributed by atoms with Gasteiger partial charge in [0.05, 0.1) is 25.5 Å². The molecular formula is C15H18N4O3S. The van der Waals surface area contributed by atoms with E-state index >= 15 is 0 Å². The van der Waals surface area contributed by atoms with Crippen molar-refractivity contribution in [1.82, 2.24) is 10.4 Å². The van der Waals surface area contributed by atoms with Crippen molar-refractivity contribution in [1.29, 1.82) is 0 Å². The van der Waals surface area contributed by atoms with Crippen LogP contribution in [0.2, 0.25) is 0 Å². The van der Waals surface area contributed by atoms with Gasteiger partial charge in [-0.2, -0.15) is 5.10 Å². The van der Waals surface area contributed by atoms with Crippen molar-refractivity contribution in [2.75, 3.05) is 14.2 Å². The molecule has 0 atom stereocenters. The van der Waals surface area contributed by atoms with E-state index in [1.165, 1.54) is 0 Å². The van der Waals surface area contributed by atoms with Gasteiger partial charge in [0.15, 0.2) is 16.6 Å². The maximum absolute atomic E-state index is 12.4. The lowest BCUT2D eigenvalue weighted by molar-refractivity contribution is 0.356. The lowest BCUT2D eigenvalue weighted by Crippen LogP contribution is -2.27. The van der Waals surface area contributed by atoms with E-state index in [9.17, 15) is 4.79 Å². The van der Waals surface area contributed by atoms with Gasteiger partial charge in [-0.05, 0) is 38.2 Å². The van der Waals surface area contributed by atoms with Gasteiger partial charge < -0.3 is 20.2 Å². The number of hydrogen-bond acceptors (Lipinski definition) is 5. The standard InChI is InChI=1S/C15H18N4O3S/c1-7-9-5-11(21-3)12(22-4)6-10(9)13(14(20)17-7)8(2)18-19-15(16)23/h5-6H,1-4H3,(H,17,20)(H3,16,19,23)/b18-8-. The summed E-state index contributed by atoms with van der Waals surface area (Å²) < 4.78 is 10.6. The summed E-state index contributed by atoms with van der Waals surface area (Å²) in [4.78, 5) is 15.2. The molecule has 1 heterocycles. The number of pyridine rings is 1. The van der Waals surface area contributed by atoms with Crippen LogP contribution in [0.15, 0.2) is 22.0 Å². The first-order chi connectivity index (χ1) is 10.9. The number of benzene rings is 1. The molecule has 122 valence electrons. The van der Waals surface area contributed by atoms with Crippen LogP contribution < -0.4 is 26.2 Å². The van der Waals surface area contributed by atoms with Gasteiger partial charge in [0.1, 0.15) is 0 Å². The third-order valence-corrected chi connectivity index (χ3v) is 3.51. The van der Waals surface area contributed by atoms with Crippen LogP contribution in [0.4, 0.5) is 0 Å². The predicted octanol–water partition coefficient (Wildman–Crippen LogP) is 1.41. The van der Waals surface area contributed by atoms with E-state index in [-0.39, 0.29) is 10.7 Å². The zero-order chi connectivity index (χ0) is 17.1. The Morgan fingerprint density at radius 3 is 2.35 bits per heavy atom. The summed E-state index contributed by atoms with van der Waals surface area (Å²) in [6.45, 7) is 3.51. The van der Waals surface area contributed by atoms with Gasteiger partial charge in [0, 0.05) is 16.5 Å². The summed E-state index contributed by atoms with van der Waals surface area (Å²) in [7, 11) is 3.10. The Kier molecular flexibility index (Phi) is 4.85. The molecule has 0 aliphatic heterocycles. The van der Waals surface area contributed by atoms with Crippen molar-refractivity contribution in [3.05, 3.63) is 33.7 Å². The number of hydrogen-bond donors (Lipinski definition) is 3. The number of fused-ring (bicyclic) bond motifs is 1. The summed E-state index contributed by atoms with van der Waals surface area (Å²) in [5, 5.41) is 5.60. The van der Waals surface area contributed by atoms with Crippen LogP contribution in [0.1, 0.15) is 18.2 Å². The van der Waals surface area contributed by atoms with Crippen LogP contribution in [0.25, 0.3) is 10.8 Å². The molecule has 0 aliphatic rings. The van der Waals surface area contributed by atoms with Crippen molar-refractivity contribution in [2.24, 2.45) is 10.8 Å². The minimum atomic E-state index is -0.256. The quantitative estimate of drug-likeness (QED) is 0.444. The van der Waals surface area contributed by atoms with Crippen molar-refractivity contribution in [2.45, 2.75) is 13.8 Å². The van der Waals surface area contributed by atoms with Crippen LogP contribution in [-0.4, -0.2) is 30.0 Å². The highest BCUT2D eigenvalue weighted by atomic mass is 32.1. The van der Waals surface area contributed by atoms with E-state index < -0.39 is 0 Å². The van der Waals surface area contributed by atoms with Crippen LogP contribution >= 0.6 is 12.2 Å². The van der Waals surface area contributed by atoms with Gasteiger partial charge in [-0.25, -0.2) is 0 Å². The molecular weight excluding hydrogens is 316 g/mol. The highest BCUT2D eigenvalue weighted by molar-refractivity contribution is 7.80. The van der Waals surface area contributed by atoms with Crippen LogP contribution in [0.5, 0.6) is 11.5 Å². The number of rotatable bonds is 4. The smallest absolute Gasteiger partial charge is 0.257 e. The maximum Gasteiger partial charge on any atom is 0.257 e. The molecule has 0 spiro atoms.